The van der Waals surface area contributed by atoms with E-state index in [9.17, 15) is 9.90 Å². The van der Waals surface area contributed by atoms with Crippen LogP contribution in [0.15, 0.2) is 42.5 Å². The van der Waals surface area contributed by atoms with Crippen molar-refractivity contribution in [3.05, 3.63) is 63.6 Å². The maximum Gasteiger partial charge on any atom is 0.238 e. The largest absolute Gasteiger partial charge is 0.508 e. The molecule has 0 radical (unpaired) electrons. The smallest absolute Gasteiger partial charge is 0.238 e. The molecule has 132 valence electrons. The molecule has 25 heavy (non-hydrogen) atoms. The number of amides is 1. The molecule has 0 fully saturated rings. The second-order valence-electron chi connectivity index (χ2n) is 5.27. The maximum atomic E-state index is 11.8. The third-order valence-corrected chi connectivity index (χ3v) is 4.32. The van der Waals surface area contributed by atoms with E-state index in [4.69, 9.17) is 35.4 Å². The number of benzene rings is 2. The van der Waals surface area contributed by atoms with E-state index in [0.29, 0.717) is 34.5 Å². The monoisotopic (exact) mass is 397 g/mol. The van der Waals surface area contributed by atoms with Gasteiger partial charge in [-0.15, -0.1) is 0 Å². The Hall–Kier alpha value is -2.02. The van der Waals surface area contributed by atoms with E-state index in [1.807, 2.05) is 6.07 Å². The summed E-state index contributed by atoms with van der Waals surface area (Å²) >= 11 is 16.9. The highest BCUT2D eigenvalue weighted by atomic mass is 35.5. The predicted octanol–water partition coefficient (Wildman–Crippen LogP) is 3.33. The first-order chi connectivity index (χ1) is 11.9. The first-order valence-electron chi connectivity index (χ1n) is 7.48. The van der Waals surface area contributed by atoms with Crippen LogP contribution in [-0.4, -0.2) is 16.1 Å². The Morgan fingerprint density at radius 2 is 1.68 bits per heavy atom. The number of hydrogen-bond donors (Lipinski definition) is 4. The fourth-order valence-electron chi connectivity index (χ4n) is 1.99. The van der Waals surface area contributed by atoms with Crippen molar-refractivity contribution in [2.24, 2.45) is 0 Å². The molecule has 0 bridgehead atoms. The van der Waals surface area contributed by atoms with Gasteiger partial charge in [0.25, 0.3) is 0 Å². The summed E-state index contributed by atoms with van der Waals surface area (Å²) in [6, 6.07) is 12.0. The lowest BCUT2D eigenvalue weighted by atomic mass is 10.1. The van der Waals surface area contributed by atoms with E-state index in [0.717, 1.165) is 11.1 Å². The van der Waals surface area contributed by atoms with Crippen LogP contribution in [0.2, 0.25) is 10.0 Å². The Balaban J connectivity index is 1.67. The van der Waals surface area contributed by atoms with E-state index in [1.165, 1.54) is 0 Å². The summed E-state index contributed by atoms with van der Waals surface area (Å²) in [5.41, 5.74) is 7.06. The van der Waals surface area contributed by atoms with Crippen molar-refractivity contribution >= 4 is 46.4 Å². The van der Waals surface area contributed by atoms with Gasteiger partial charge in [0.1, 0.15) is 5.75 Å². The number of carbonyl (C=O) groups is 1. The van der Waals surface area contributed by atoms with Gasteiger partial charge in [-0.05, 0) is 54.0 Å². The standard InChI is InChI=1S/C17H17Cl2N3O2S/c18-14-7-3-12(9-15(14)19)10-20-17(25)22-21-16(24)8-4-11-1-5-13(23)6-2-11/h1-3,5-7,9,23H,4,8,10H2,(H,21,24)(H2,20,22,25). The van der Waals surface area contributed by atoms with E-state index >= 15 is 0 Å². The number of nitrogens with one attached hydrogen (secondary N) is 3. The van der Waals surface area contributed by atoms with Crippen LogP contribution in [0.25, 0.3) is 0 Å². The summed E-state index contributed by atoms with van der Waals surface area (Å²) < 4.78 is 0. The van der Waals surface area contributed by atoms with Gasteiger partial charge in [0.05, 0.1) is 10.0 Å². The minimum atomic E-state index is -0.188. The van der Waals surface area contributed by atoms with E-state index in [1.54, 1.807) is 36.4 Å². The second-order valence-corrected chi connectivity index (χ2v) is 6.49. The number of phenolic OH excluding ortho intramolecular Hbond substituents is 1. The van der Waals surface area contributed by atoms with Crippen molar-refractivity contribution in [1.29, 1.82) is 0 Å². The number of carbonyl (C=O) groups excluding carboxylic acids is 1. The zero-order valence-corrected chi connectivity index (χ0v) is 15.5. The van der Waals surface area contributed by atoms with Crippen molar-refractivity contribution in [2.75, 3.05) is 0 Å². The molecule has 0 aliphatic rings. The average Bonchev–Trinajstić information content (AvgIpc) is 2.60. The second kappa shape index (κ2) is 9.46. The number of halogens is 2. The molecule has 0 aromatic heterocycles. The molecule has 0 aliphatic carbocycles. The van der Waals surface area contributed by atoms with Crippen molar-refractivity contribution in [3.63, 3.8) is 0 Å². The van der Waals surface area contributed by atoms with Crippen LogP contribution in [0.3, 0.4) is 0 Å². The van der Waals surface area contributed by atoms with Gasteiger partial charge in [-0.2, -0.15) is 0 Å². The van der Waals surface area contributed by atoms with Gasteiger partial charge in [-0.25, -0.2) is 0 Å². The number of rotatable bonds is 5. The highest BCUT2D eigenvalue weighted by Gasteiger charge is 2.04. The number of aromatic hydroxyl groups is 1. The van der Waals surface area contributed by atoms with Crippen LogP contribution in [0.5, 0.6) is 5.75 Å². The van der Waals surface area contributed by atoms with Gasteiger partial charge < -0.3 is 10.4 Å². The Morgan fingerprint density at radius 1 is 1.00 bits per heavy atom. The highest BCUT2D eigenvalue weighted by molar-refractivity contribution is 7.80. The predicted molar refractivity (Wildman–Crippen MR) is 104 cm³/mol. The molecule has 2 rings (SSSR count). The van der Waals surface area contributed by atoms with Crippen LogP contribution in [-0.2, 0) is 17.8 Å². The molecule has 0 heterocycles. The molecule has 4 N–H and O–H groups in total. The average molecular weight is 398 g/mol. The van der Waals surface area contributed by atoms with Gasteiger partial charge in [0, 0.05) is 13.0 Å². The molecule has 2 aromatic rings. The van der Waals surface area contributed by atoms with Gasteiger partial charge in [-0.3, -0.25) is 15.6 Å². The van der Waals surface area contributed by atoms with E-state index < -0.39 is 0 Å². The van der Waals surface area contributed by atoms with Crippen molar-refractivity contribution in [2.45, 2.75) is 19.4 Å². The van der Waals surface area contributed by atoms with Crippen molar-refractivity contribution < 1.29 is 9.90 Å². The van der Waals surface area contributed by atoms with E-state index in [-0.39, 0.29) is 11.7 Å². The third kappa shape index (κ3) is 6.78. The topological polar surface area (TPSA) is 73.4 Å². The lowest BCUT2D eigenvalue weighted by Gasteiger charge is -2.12. The summed E-state index contributed by atoms with van der Waals surface area (Å²) in [5.74, 6) is 0.0139. The number of hydrazine groups is 1. The molecule has 1 amide bonds. The first kappa shape index (κ1) is 19.3. The van der Waals surface area contributed by atoms with Crippen LogP contribution >= 0.6 is 35.4 Å². The Morgan fingerprint density at radius 3 is 2.36 bits per heavy atom. The summed E-state index contributed by atoms with van der Waals surface area (Å²) in [5, 5.41) is 13.4. The van der Waals surface area contributed by atoms with Gasteiger partial charge in [-0.1, -0.05) is 41.4 Å². The zero-order valence-electron chi connectivity index (χ0n) is 13.2. The minimum absolute atomic E-state index is 0.188. The third-order valence-electron chi connectivity index (χ3n) is 3.33. The molecule has 0 atom stereocenters. The first-order valence-corrected chi connectivity index (χ1v) is 8.65. The number of hydrogen-bond acceptors (Lipinski definition) is 3. The fraction of sp³-hybridized carbons (Fsp3) is 0.176. The minimum Gasteiger partial charge on any atom is -0.508 e. The molecule has 8 heteroatoms. The SMILES string of the molecule is O=C(CCc1ccc(O)cc1)NNC(=S)NCc1ccc(Cl)c(Cl)c1. The molecular formula is C17H17Cl2N3O2S. The van der Waals surface area contributed by atoms with Gasteiger partial charge >= 0.3 is 0 Å². The van der Waals surface area contributed by atoms with Gasteiger partial charge in [0.2, 0.25) is 5.91 Å². The molecule has 0 saturated heterocycles. The lowest BCUT2D eigenvalue weighted by Crippen LogP contribution is -2.46. The van der Waals surface area contributed by atoms with Crippen LogP contribution in [0.1, 0.15) is 17.5 Å². The van der Waals surface area contributed by atoms with Crippen LogP contribution in [0.4, 0.5) is 0 Å². The summed E-state index contributed by atoms with van der Waals surface area (Å²) in [7, 11) is 0. The Bertz CT molecular complexity index is 754. The normalized spacial score (nSPS) is 10.2. The molecule has 5 nitrogen and oxygen atoms in total. The highest BCUT2D eigenvalue weighted by Crippen LogP contribution is 2.22. The van der Waals surface area contributed by atoms with Gasteiger partial charge in [0.15, 0.2) is 5.11 Å². The molecule has 0 spiro atoms. The summed E-state index contributed by atoms with van der Waals surface area (Å²) in [6.07, 6.45) is 0.866. The maximum absolute atomic E-state index is 11.8. The fourth-order valence-corrected chi connectivity index (χ4v) is 2.43. The molecule has 2 aromatic carbocycles. The molecule has 0 aliphatic heterocycles. The number of phenols is 1. The van der Waals surface area contributed by atoms with Crippen LogP contribution in [0, 0.1) is 0 Å². The zero-order chi connectivity index (χ0) is 18.2. The Kier molecular flexibility index (Phi) is 7.31. The molecule has 0 saturated carbocycles. The van der Waals surface area contributed by atoms with Crippen molar-refractivity contribution in [1.82, 2.24) is 16.2 Å². The Labute approximate surface area is 161 Å². The number of thiocarbonyl (C=S) groups is 1. The van der Waals surface area contributed by atoms with E-state index in [2.05, 4.69) is 16.2 Å². The summed E-state index contributed by atoms with van der Waals surface area (Å²) in [6.45, 7) is 0.450. The molecule has 0 unspecified atom stereocenters. The lowest BCUT2D eigenvalue weighted by molar-refractivity contribution is -0.121. The summed E-state index contributed by atoms with van der Waals surface area (Å²) in [4.78, 5) is 11.8. The van der Waals surface area contributed by atoms with Crippen molar-refractivity contribution in [3.8, 4) is 5.75 Å². The number of aryl methyl sites for hydroxylation is 1. The molecular weight excluding hydrogens is 381 g/mol. The van der Waals surface area contributed by atoms with Crippen LogP contribution < -0.4 is 16.2 Å². The quantitative estimate of drug-likeness (QED) is 0.460.